The van der Waals surface area contributed by atoms with E-state index in [2.05, 4.69) is 25.6 Å². The van der Waals surface area contributed by atoms with E-state index in [9.17, 15) is 8.42 Å². The molecule has 0 unspecified atom stereocenters. The van der Waals surface area contributed by atoms with E-state index in [-0.39, 0.29) is 27.8 Å². The standard InChI is InChI=1S/C17H17ClN6O3S/c1-2-10-5-3-4-6-13(10)21-17-23-15(18)22-16(24-17)20-11-7-8-14(12(19)9-11)28(25,26)27/h3-9H,2,19H2,1H3,(H,25,26,27)(H2,20,21,22,23,24). The van der Waals surface area contributed by atoms with Crippen LogP contribution in [-0.4, -0.2) is 27.9 Å². The second-order valence-electron chi connectivity index (χ2n) is 5.74. The number of para-hydroxylation sites is 1. The number of nitrogens with zero attached hydrogens (tertiary/aromatic N) is 3. The lowest BCUT2D eigenvalue weighted by Crippen LogP contribution is -2.06. The van der Waals surface area contributed by atoms with Crippen LogP contribution in [0.1, 0.15) is 12.5 Å². The second-order valence-corrected chi connectivity index (χ2v) is 7.47. The molecule has 11 heteroatoms. The number of nitrogens with two attached hydrogens (primary N) is 1. The van der Waals surface area contributed by atoms with Gasteiger partial charge in [-0.3, -0.25) is 4.55 Å². The van der Waals surface area contributed by atoms with Gasteiger partial charge >= 0.3 is 0 Å². The lowest BCUT2D eigenvalue weighted by molar-refractivity contribution is 0.483. The Kier molecular flexibility index (Phi) is 5.63. The smallest absolute Gasteiger partial charge is 0.296 e. The zero-order valence-corrected chi connectivity index (χ0v) is 16.3. The average molecular weight is 421 g/mol. The Balaban J connectivity index is 1.87. The van der Waals surface area contributed by atoms with Gasteiger partial charge in [-0.25, -0.2) is 0 Å². The van der Waals surface area contributed by atoms with E-state index in [1.165, 1.54) is 18.2 Å². The van der Waals surface area contributed by atoms with Gasteiger partial charge in [0.25, 0.3) is 10.1 Å². The maximum absolute atomic E-state index is 11.2. The predicted molar refractivity (Wildman–Crippen MR) is 108 cm³/mol. The van der Waals surface area contributed by atoms with Crippen molar-refractivity contribution in [2.45, 2.75) is 18.2 Å². The van der Waals surface area contributed by atoms with Crippen LogP contribution in [0.3, 0.4) is 0 Å². The molecule has 0 aliphatic carbocycles. The van der Waals surface area contributed by atoms with Crippen molar-refractivity contribution in [3.8, 4) is 0 Å². The fourth-order valence-corrected chi connectivity index (χ4v) is 3.28. The van der Waals surface area contributed by atoms with Gasteiger partial charge < -0.3 is 16.4 Å². The number of aryl methyl sites for hydroxylation is 1. The molecule has 28 heavy (non-hydrogen) atoms. The first-order valence-corrected chi connectivity index (χ1v) is 9.98. The molecule has 0 saturated carbocycles. The zero-order chi connectivity index (χ0) is 20.3. The van der Waals surface area contributed by atoms with E-state index < -0.39 is 10.1 Å². The van der Waals surface area contributed by atoms with E-state index in [0.717, 1.165) is 17.7 Å². The maximum atomic E-state index is 11.2. The topological polar surface area (TPSA) is 143 Å². The van der Waals surface area contributed by atoms with Crippen molar-refractivity contribution in [3.05, 3.63) is 53.3 Å². The van der Waals surface area contributed by atoms with Gasteiger partial charge in [-0.1, -0.05) is 25.1 Å². The van der Waals surface area contributed by atoms with E-state index in [0.29, 0.717) is 5.69 Å². The summed E-state index contributed by atoms with van der Waals surface area (Å²) in [6, 6.07) is 11.6. The molecule has 0 fully saturated rings. The third-order valence-electron chi connectivity index (χ3n) is 3.80. The molecule has 1 aromatic heterocycles. The highest BCUT2D eigenvalue weighted by Crippen LogP contribution is 2.25. The molecule has 0 atom stereocenters. The molecule has 2 aromatic carbocycles. The Labute approximate surface area is 166 Å². The molecule has 0 bridgehead atoms. The Morgan fingerprint density at radius 2 is 1.75 bits per heavy atom. The van der Waals surface area contributed by atoms with E-state index >= 15 is 0 Å². The van der Waals surface area contributed by atoms with E-state index in [1.807, 2.05) is 31.2 Å². The van der Waals surface area contributed by atoms with Gasteiger partial charge in [0.05, 0.1) is 5.69 Å². The molecule has 3 rings (SSSR count). The molecule has 0 amide bonds. The highest BCUT2D eigenvalue weighted by Gasteiger charge is 2.14. The first-order chi connectivity index (χ1) is 13.3. The zero-order valence-electron chi connectivity index (χ0n) is 14.7. The molecule has 0 spiro atoms. The fourth-order valence-electron chi connectivity index (χ4n) is 2.52. The van der Waals surface area contributed by atoms with Crippen LogP contribution in [0.15, 0.2) is 47.4 Å². The minimum Gasteiger partial charge on any atom is -0.398 e. The molecule has 0 radical (unpaired) electrons. The molecule has 0 saturated heterocycles. The molecule has 0 aliphatic heterocycles. The summed E-state index contributed by atoms with van der Waals surface area (Å²) >= 11 is 5.99. The fraction of sp³-hybridized carbons (Fsp3) is 0.118. The number of hydrogen-bond acceptors (Lipinski definition) is 8. The van der Waals surface area contributed by atoms with Crippen molar-refractivity contribution in [3.63, 3.8) is 0 Å². The van der Waals surface area contributed by atoms with Crippen LogP contribution in [0.25, 0.3) is 0 Å². The van der Waals surface area contributed by atoms with Crippen molar-refractivity contribution >= 4 is 50.7 Å². The van der Waals surface area contributed by atoms with Crippen LogP contribution in [0, 0.1) is 0 Å². The summed E-state index contributed by atoms with van der Waals surface area (Å²) in [6.45, 7) is 2.04. The number of anilines is 5. The molecule has 3 aromatic rings. The SMILES string of the molecule is CCc1ccccc1Nc1nc(Cl)nc(Nc2ccc(S(=O)(=O)O)c(N)c2)n1. The summed E-state index contributed by atoms with van der Waals surface area (Å²) in [7, 11) is -4.40. The van der Waals surface area contributed by atoms with Gasteiger partial charge in [-0.2, -0.15) is 23.4 Å². The third kappa shape index (κ3) is 4.66. The summed E-state index contributed by atoms with van der Waals surface area (Å²) in [5, 5.41) is 5.95. The van der Waals surface area contributed by atoms with E-state index in [1.54, 1.807) is 0 Å². The first kappa shape index (κ1) is 19.8. The minimum absolute atomic E-state index is 0.0310. The highest BCUT2D eigenvalue weighted by molar-refractivity contribution is 7.86. The Bertz CT molecular complexity index is 1120. The molecular weight excluding hydrogens is 404 g/mol. The number of rotatable bonds is 6. The summed E-state index contributed by atoms with van der Waals surface area (Å²) in [5.41, 5.74) is 7.90. The van der Waals surface area contributed by atoms with Gasteiger partial charge in [0.2, 0.25) is 17.2 Å². The van der Waals surface area contributed by atoms with Crippen LogP contribution in [0.5, 0.6) is 0 Å². The maximum Gasteiger partial charge on any atom is 0.296 e. The summed E-state index contributed by atoms with van der Waals surface area (Å²) < 4.78 is 31.6. The van der Waals surface area contributed by atoms with Crippen molar-refractivity contribution in [1.82, 2.24) is 15.0 Å². The van der Waals surface area contributed by atoms with Crippen molar-refractivity contribution in [1.29, 1.82) is 0 Å². The highest BCUT2D eigenvalue weighted by atomic mass is 35.5. The third-order valence-corrected chi connectivity index (χ3v) is 4.89. The molecule has 146 valence electrons. The summed E-state index contributed by atoms with van der Waals surface area (Å²) in [5.74, 6) is 0.376. The van der Waals surface area contributed by atoms with Crippen LogP contribution in [0.2, 0.25) is 5.28 Å². The van der Waals surface area contributed by atoms with Gasteiger partial charge in [0.1, 0.15) is 4.90 Å². The quantitative estimate of drug-likeness (QED) is 0.348. The average Bonchev–Trinajstić information content (AvgIpc) is 2.60. The lowest BCUT2D eigenvalue weighted by atomic mass is 10.1. The van der Waals surface area contributed by atoms with Gasteiger partial charge in [-0.05, 0) is 47.9 Å². The molecular formula is C17H17ClN6O3S. The van der Waals surface area contributed by atoms with Crippen LogP contribution >= 0.6 is 11.6 Å². The van der Waals surface area contributed by atoms with Gasteiger partial charge in [0, 0.05) is 11.4 Å². The monoisotopic (exact) mass is 420 g/mol. The summed E-state index contributed by atoms with van der Waals surface area (Å²) in [4.78, 5) is 11.9. The minimum atomic E-state index is -4.40. The molecule has 5 N–H and O–H groups in total. The van der Waals surface area contributed by atoms with Crippen LogP contribution in [0.4, 0.5) is 29.0 Å². The Morgan fingerprint density at radius 3 is 2.39 bits per heavy atom. The molecule has 9 nitrogen and oxygen atoms in total. The van der Waals surface area contributed by atoms with E-state index in [4.69, 9.17) is 21.9 Å². The molecule has 0 aliphatic rings. The second kappa shape index (κ2) is 7.97. The number of hydrogen-bond donors (Lipinski definition) is 4. The number of nitrogen functional groups attached to an aromatic ring is 1. The van der Waals surface area contributed by atoms with Crippen LogP contribution < -0.4 is 16.4 Å². The predicted octanol–water partition coefficient (Wildman–Crippen LogP) is 3.40. The Hall–Kier alpha value is -2.95. The van der Waals surface area contributed by atoms with Crippen LogP contribution in [-0.2, 0) is 16.5 Å². The lowest BCUT2D eigenvalue weighted by Gasteiger charge is -2.11. The largest absolute Gasteiger partial charge is 0.398 e. The van der Waals surface area contributed by atoms with Crippen molar-refractivity contribution in [2.24, 2.45) is 0 Å². The van der Waals surface area contributed by atoms with Crippen molar-refractivity contribution < 1.29 is 13.0 Å². The number of benzene rings is 2. The van der Waals surface area contributed by atoms with Gasteiger partial charge in [0.15, 0.2) is 0 Å². The molecule has 1 heterocycles. The normalized spacial score (nSPS) is 11.2. The number of halogens is 1. The van der Waals surface area contributed by atoms with Crippen molar-refractivity contribution in [2.75, 3.05) is 16.4 Å². The first-order valence-electron chi connectivity index (χ1n) is 8.17. The Morgan fingerprint density at radius 1 is 1.07 bits per heavy atom. The number of nitrogens with one attached hydrogen (secondary N) is 2. The summed E-state index contributed by atoms with van der Waals surface area (Å²) in [6.07, 6.45) is 0.826. The van der Waals surface area contributed by atoms with Gasteiger partial charge in [-0.15, -0.1) is 0 Å². The number of aromatic nitrogens is 3.